The summed E-state index contributed by atoms with van der Waals surface area (Å²) in [5.41, 5.74) is 0.638. The summed E-state index contributed by atoms with van der Waals surface area (Å²) in [4.78, 5) is 17.5. The number of aliphatic carboxylic acids is 1. The zero-order chi connectivity index (χ0) is 17.1. The van der Waals surface area contributed by atoms with Crippen molar-refractivity contribution in [3.05, 3.63) is 18.2 Å². The van der Waals surface area contributed by atoms with Crippen molar-refractivity contribution in [2.75, 3.05) is 18.0 Å². The number of carboxylic acid groups (broad SMARTS) is 1. The van der Waals surface area contributed by atoms with E-state index in [0.717, 1.165) is 37.5 Å². The van der Waals surface area contributed by atoms with Gasteiger partial charge in [0.1, 0.15) is 5.75 Å². The predicted octanol–water partition coefficient (Wildman–Crippen LogP) is 3.98. The first-order chi connectivity index (χ1) is 11.5. The smallest absolute Gasteiger partial charge is 0.387 e. The molecule has 3 rings (SSSR count). The number of hydrogen-bond acceptors (Lipinski definition) is 5. The van der Waals surface area contributed by atoms with Crippen LogP contribution < -0.4 is 9.64 Å². The van der Waals surface area contributed by atoms with E-state index < -0.39 is 12.6 Å². The van der Waals surface area contributed by atoms with Crippen LogP contribution in [0.15, 0.2) is 18.2 Å². The third kappa shape index (κ3) is 3.92. The lowest BCUT2D eigenvalue weighted by atomic mass is 9.97. The third-order valence-electron chi connectivity index (χ3n) is 4.17. The van der Waals surface area contributed by atoms with Crippen molar-refractivity contribution in [2.24, 2.45) is 5.92 Å². The number of fused-ring (bicyclic) bond motifs is 1. The van der Waals surface area contributed by atoms with Crippen LogP contribution in [0.2, 0.25) is 0 Å². The molecule has 24 heavy (non-hydrogen) atoms. The van der Waals surface area contributed by atoms with Crippen LogP contribution >= 0.6 is 11.3 Å². The summed E-state index contributed by atoms with van der Waals surface area (Å²) >= 11 is 1.34. The van der Waals surface area contributed by atoms with Crippen molar-refractivity contribution >= 4 is 32.7 Å². The van der Waals surface area contributed by atoms with E-state index in [-0.39, 0.29) is 18.1 Å². The highest BCUT2D eigenvalue weighted by atomic mass is 32.1. The summed E-state index contributed by atoms with van der Waals surface area (Å²) in [6.45, 7) is -1.35. The molecule has 1 aromatic carbocycles. The number of hydrogen-bond donors (Lipinski definition) is 1. The number of carboxylic acids is 1. The lowest BCUT2D eigenvalue weighted by Gasteiger charge is -2.19. The van der Waals surface area contributed by atoms with E-state index >= 15 is 0 Å². The maximum atomic E-state index is 12.5. The molecule has 130 valence electrons. The average molecular weight is 356 g/mol. The summed E-state index contributed by atoms with van der Waals surface area (Å²) in [5, 5.41) is 9.71. The number of anilines is 1. The van der Waals surface area contributed by atoms with Gasteiger partial charge in [0.25, 0.3) is 0 Å². The largest absolute Gasteiger partial charge is 0.481 e. The molecule has 8 heteroatoms. The second-order valence-electron chi connectivity index (χ2n) is 5.86. The molecule has 1 N–H and O–H groups in total. The van der Waals surface area contributed by atoms with Gasteiger partial charge in [-0.2, -0.15) is 8.78 Å². The quantitative estimate of drug-likeness (QED) is 0.878. The molecule has 0 bridgehead atoms. The lowest BCUT2D eigenvalue weighted by Crippen LogP contribution is -2.24. The number of benzene rings is 1. The number of ether oxygens (including phenoxy) is 1. The Balaban J connectivity index is 1.78. The molecule has 0 spiro atoms. The Morgan fingerprint density at radius 2 is 2.25 bits per heavy atom. The number of carbonyl (C=O) groups is 1. The van der Waals surface area contributed by atoms with Gasteiger partial charge in [0.2, 0.25) is 0 Å². The maximum Gasteiger partial charge on any atom is 0.387 e. The Morgan fingerprint density at radius 3 is 3.00 bits per heavy atom. The second kappa shape index (κ2) is 7.29. The third-order valence-corrected chi connectivity index (χ3v) is 5.31. The Labute approximate surface area is 141 Å². The Morgan fingerprint density at radius 1 is 1.42 bits per heavy atom. The normalized spacial score (nSPS) is 18.8. The highest BCUT2D eigenvalue weighted by Gasteiger charge is 2.22. The van der Waals surface area contributed by atoms with E-state index in [1.165, 1.54) is 17.4 Å². The first-order valence-electron chi connectivity index (χ1n) is 7.84. The molecule has 0 amide bonds. The molecule has 1 atom stereocenters. The van der Waals surface area contributed by atoms with Crippen molar-refractivity contribution in [2.45, 2.75) is 32.3 Å². The molecule has 0 aliphatic carbocycles. The highest BCUT2D eigenvalue weighted by molar-refractivity contribution is 7.22. The second-order valence-corrected chi connectivity index (χ2v) is 6.84. The van der Waals surface area contributed by atoms with Gasteiger partial charge in [0, 0.05) is 19.5 Å². The van der Waals surface area contributed by atoms with E-state index in [9.17, 15) is 13.6 Å². The molecule has 1 aromatic heterocycles. The fraction of sp³-hybridized carbons (Fsp3) is 0.500. The van der Waals surface area contributed by atoms with E-state index in [2.05, 4.69) is 14.6 Å². The monoisotopic (exact) mass is 356 g/mol. The van der Waals surface area contributed by atoms with Gasteiger partial charge in [-0.15, -0.1) is 0 Å². The Hall–Kier alpha value is -1.96. The van der Waals surface area contributed by atoms with Crippen molar-refractivity contribution in [3.63, 3.8) is 0 Å². The number of aromatic nitrogens is 1. The standard InChI is InChI=1S/C16H18F2N2O3S/c17-15(18)23-12-5-1-4-11-14(12)24-16(19-11)20-7-2-3-10(6-8-20)9-13(21)22/h1,4-5,10,15H,2-3,6-9H2,(H,21,22). The fourth-order valence-electron chi connectivity index (χ4n) is 3.04. The average Bonchev–Trinajstić information content (AvgIpc) is 2.81. The predicted molar refractivity (Wildman–Crippen MR) is 88.1 cm³/mol. The van der Waals surface area contributed by atoms with Crippen molar-refractivity contribution in [3.8, 4) is 5.75 Å². The molecule has 1 aliphatic rings. The molecule has 1 aliphatic heterocycles. The highest BCUT2D eigenvalue weighted by Crippen LogP contribution is 2.37. The van der Waals surface area contributed by atoms with Crippen molar-refractivity contribution < 1.29 is 23.4 Å². The van der Waals surface area contributed by atoms with Gasteiger partial charge < -0.3 is 14.7 Å². The number of halogens is 2. The summed E-state index contributed by atoms with van der Waals surface area (Å²) in [5.74, 6) is -0.438. The lowest BCUT2D eigenvalue weighted by molar-refractivity contribution is -0.138. The first-order valence-corrected chi connectivity index (χ1v) is 8.65. The van der Waals surface area contributed by atoms with Gasteiger partial charge >= 0.3 is 12.6 Å². The van der Waals surface area contributed by atoms with Crippen molar-refractivity contribution in [1.82, 2.24) is 4.98 Å². The zero-order valence-electron chi connectivity index (χ0n) is 13.0. The maximum absolute atomic E-state index is 12.5. The van der Waals surface area contributed by atoms with Crippen LogP contribution in [0.1, 0.15) is 25.7 Å². The summed E-state index contributed by atoms with van der Waals surface area (Å²) in [6.07, 6.45) is 2.77. The molecule has 2 heterocycles. The minimum atomic E-state index is -2.86. The van der Waals surface area contributed by atoms with Crippen LogP contribution in [0.5, 0.6) is 5.75 Å². The van der Waals surface area contributed by atoms with Gasteiger partial charge in [-0.25, -0.2) is 4.98 Å². The molecular weight excluding hydrogens is 338 g/mol. The van der Waals surface area contributed by atoms with Gasteiger partial charge in [0.05, 0.1) is 10.2 Å². The zero-order valence-corrected chi connectivity index (χ0v) is 13.8. The number of alkyl halides is 2. The topological polar surface area (TPSA) is 62.7 Å². The van der Waals surface area contributed by atoms with Gasteiger partial charge in [0.15, 0.2) is 5.13 Å². The molecule has 1 fully saturated rings. The van der Waals surface area contributed by atoms with E-state index in [0.29, 0.717) is 10.2 Å². The van der Waals surface area contributed by atoms with Crippen LogP contribution in [0.25, 0.3) is 10.2 Å². The van der Waals surface area contributed by atoms with Crippen LogP contribution in [-0.4, -0.2) is 35.8 Å². The molecule has 0 radical (unpaired) electrons. The molecular formula is C16H18F2N2O3S. The molecule has 1 unspecified atom stereocenters. The number of thiazole rings is 1. The van der Waals surface area contributed by atoms with Crippen LogP contribution in [-0.2, 0) is 4.79 Å². The number of rotatable bonds is 5. The first kappa shape index (κ1) is 16.9. The summed E-state index contributed by atoms with van der Waals surface area (Å²) < 4.78 is 30.2. The van der Waals surface area contributed by atoms with Gasteiger partial charge in [-0.1, -0.05) is 17.4 Å². The van der Waals surface area contributed by atoms with Crippen LogP contribution in [0, 0.1) is 5.92 Å². The summed E-state index contributed by atoms with van der Waals surface area (Å²) in [7, 11) is 0. The van der Waals surface area contributed by atoms with Crippen molar-refractivity contribution in [1.29, 1.82) is 0 Å². The molecule has 0 saturated carbocycles. The molecule has 2 aromatic rings. The van der Waals surface area contributed by atoms with E-state index in [4.69, 9.17) is 5.11 Å². The van der Waals surface area contributed by atoms with E-state index in [1.807, 2.05) is 0 Å². The van der Waals surface area contributed by atoms with Crippen LogP contribution in [0.3, 0.4) is 0 Å². The fourth-order valence-corrected chi connectivity index (χ4v) is 4.12. The Bertz CT molecular complexity index is 722. The summed E-state index contributed by atoms with van der Waals surface area (Å²) in [6, 6.07) is 4.94. The minimum absolute atomic E-state index is 0.143. The molecule has 1 saturated heterocycles. The molecule has 5 nitrogen and oxygen atoms in total. The van der Waals surface area contributed by atoms with Crippen LogP contribution in [0.4, 0.5) is 13.9 Å². The Kier molecular flexibility index (Phi) is 5.13. The van der Waals surface area contributed by atoms with E-state index in [1.54, 1.807) is 12.1 Å². The number of nitrogens with zero attached hydrogens (tertiary/aromatic N) is 2. The van der Waals surface area contributed by atoms with Gasteiger partial charge in [-0.3, -0.25) is 4.79 Å². The minimum Gasteiger partial charge on any atom is -0.481 e. The van der Waals surface area contributed by atoms with Gasteiger partial charge in [-0.05, 0) is 37.3 Å². The SMILES string of the molecule is O=C(O)CC1CCCN(c2nc3cccc(OC(F)F)c3s2)CC1.